The monoisotopic (exact) mass is 155 g/mol. The van der Waals surface area contributed by atoms with E-state index < -0.39 is 0 Å². The highest BCUT2D eigenvalue weighted by atomic mass is 15.6. The molecule has 5 heteroatoms. The molecule has 0 aliphatic heterocycles. The fourth-order valence-electron chi connectivity index (χ4n) is 0.747. The van der Waals surface area contributed by atoms with Crippen molar-refractivity contribution in [2.75, 3.05) is 20.6 Å². The number of likely N-dealkylation sites (N-methyl/N-ethyl adjacent to an activating group) is 1. The number of aryl methyl sites for hydroxylation is 1. The average Bonchev–Trinajstić information content (AvgIpc) is 2.31. The summed E-state index contributed by atoms with van der Waals surface area (Å²) in [6.07, 6.45) is 0.862. The lowest BCUT2D eigenvalue weighted by molar-refractivity contribution is 0.409. The predicted octanol–water partition coefficient (Wildman–Crippen LogP) is -0.686. The summed E-state index contributed by atoms with van der Waals surface area (Å²) < 4.78 is 0. The molecule has 1 rings (SSSR count). The fraction of sp³-hybridized carbons (Fsp3) is 0.833. The number of hydrogen-bond donors (Lipinski definition) is 0. The molecule has 0 atom stereocenters. The van der Waals surface area contributed by atoms with E-state index in [0.717, 1.165) is 18.8 Å². The van der Waals surface area contributed by atoms with Gasteiger partial charge in [-0.05, 0) is 19.3 Å². The molecular formula is C6H13N5. The lowest BCUT2D eigenvalue weighted by Crippen LogP contribution is -2.15. The summed E-state index contributed by atoms with van der Waals surface area (Å²) in [5, 5.41) is 11.6. The van der Waals surface area contributed by atoms with Crippen LogP contribution in [-0.4, -0.2) is 45.7 Å². The molecule has 11 heavy (non-hydrogen) atoms. The Labute approximate surface area is 66.0 Å². The van der Waals surface area contributed by atoms with Gasteiger partial charge in [0, 0.05) is 13.0 Å². The SMILES string of the molecule is CN(C)CCc1nnn(C)n1. The molecule has 1 aromatic heterocycles. The second-order valence-electron chi connectivity index (χ2n) is 2.75. The van der Waals surface area contributed by atoms with E-state index in [1.54, 1.807) is 7.05 Å². The van der Waals surface area contributed by atoms with Crippen LogP contribution in [-0.2, 0) is 13.5 Å². The third kappa shape index (κ3) is 2.63. The Morgan fingerprint density at radius 1 is 1.45 bits per heavy atom. The van der Waals surface area contributed by atoms with Gasteiger partial charge in [0.1, 0.15) is 0 Å². The Hall–Kier alpha value is -0.970. The molecular weight excluding hydrogens is 142 g/mol. The lowest BCUT2D eigenvalue weighted by Gasteiger charge is -2.05. The highest BCUT2D eigenvalue weighted by molar-refractivity contribution is 4.77. The van der Waals surface area contributed by atoms with Crippen molar-refractivity contribution in [1.29, 1.82) is 0 Å². The fourth-order valence-corrected chi connectivity index (χ4v) is 0.747. The van der Waals surface area contributed by atoms with Crippen molar-refractivity contribution in [3.05, 3.63) is 5.82 Å². The van der Waals surface area contributed by atoms with Crippen molar-refractivity contribution in [3.8, 4) is 0 Å². The minimum absolute atomic E-state index is 0.807. The van der Waals surface area contributed by atoms with E-state index >= 15 is 0 Å². The van der Waals surface area contributed by atoms with Crippen LogP contribution < -0.4 is 0 Å². The van der Waals surface area contributed by atoms with Gasteiger partial charge in [-0.2, -0.15) is 4.80 Å². The normalized spacial score (nSPS) is 10.9. The molecule has 0 fully saturated rings. The summed E-state index contributed by atoms with van der Waals surface area (Å²) in [5.74, 6) is 0.807. The maximum Gasteiger partial charge on any atom is 0.176 e. The van der Waals surface area contributed by atoms with E-state index in [2.05, 4.69) is 20.3 Å². The summed E-state index contributed by atoms with van der Waals surface area (Å²) in [7, 11) is 5.82. The minimum Gasteiger partial charge on any atom is -0.309 e. The first-order valence-corrected chi connectivity index (χ1v) is 3.56. The molecule has 0 aromatic carbocycles. The first kappa shape index (κ1) is 8.13. The Morgan fingerprint density at radius 2 is 2.18 bits per heavy atom. The Bertz CT molecular complexity index is 217. The van der Waals surface area contributed by atoms with Crippen molar-refractivity contribution in [1.82, 2.24) is 25.1 Å². The summed E-state index contributed by atoms with van der Waals surface area (Å²) in [6, 6.07) is 0. The summed E-state index contributed by atoms with van der Waals surface area (Å²) in [5.41, 5.74) is 0. The lowest BCUT2D eigenvalue weighted by atomic mass is 10.4. The van der Waals surface area contributed by atoms with Gasteiger partial charge in [0.2, 0.25) is 0 Å². The second-order valence-corrected chi connectivity index (χ2v) is 2.75. The molecule has 0 saturated heterocycles. The molecule has 0 spiro atoms. The van der Waals surface area contributed by atoms with E-state index in [9.17, 15) is 0 Å². The van der Waals surface area contributed by atoms with Gasteiger partial charge in [-0.3, -0.25) is 0 Å². The Kier molecular flexibility index (Phi) is 2.53. The van der Waals surface area contributed by atoms with Crippen LogP contribution in [0.15, 0.2) is 0 Å². The predicted molar refractivity (Wildman–Crippen MR) is 41.1 cm³/mol. The number of nitrogens with zero attached hydrogens (tertiary/aromatic N) is 5. The van der Waals surface area contributed by atoms with Crippen LogP contribution >= 0.6 is 0 Å². The minimum atomic E-state index is 0.807. The van der Waals surface area contributed by atoms with Gasteiger partial charge in [-0.15, -0.1) is 10.2 Å². The quantitative estimate of drug-likeness (QED) is 0.580. The third-order valence-electron chi connectivity index (χ3n) is 1.33. The van der Waals surface area contributed by atoms with Crippen LogP contribution in [0, 0.1) is 0 Å². The zero-order valence-electron chi connectivity index (χ0n) is 7.15. The molecule has 5 nitrogen and oxygen atoms in total. The molecule has 0 unspecified atom stereocenters. The first-order chi connectivity index (χ1) is 5.18. The van der Waals surface area contributed by atoms with Crippen LogP contribution in [0.4, 0.5) is 0 Å². The van der Waals surface area contributed by atoms with Crippen LogP contribution in [0.25, 0.3) is 0 Å². The number of tetrazole rings is 1. The van der Waals surface area contributed by atoms with Crippen molar-refractivity contribution in [3.63, 3.8) is 0 Å². The maximum atomic E-state index is 4.05. The molecule has 0 amide bonds. The van der Waals surface area contributed by atoms with Crippen LogP contribution in [0.3, 0.4) is 0 Å². The van der Waals surface area contributed by atoms with Crippen molar-refractivity contribution in [2.45, 2.75) is 6.42 Å². The van der Waals surface area contributed by atoms with Gasteiger partial charge in [0.15, 0.2) is 5.82 Å². The van der Waals surface area contributed by atoms with Crippen LogP contribution in [0.5, 0.6) is 0 Å². The molecule has 0 bridgehead atoms. The van der Waals surface area contributed by atoms with E-state index in [1.165, 1.54) is 4.80 Å². The van der Waals surface area contributed by atoms with Gasteiger partial charge < -0.3 is 4.90 Å². The zero-order chi connectivity index (χ0) is 8.27. The largest absolute Gasteiger partial charge is 0.309 e. The summed E-state index contributed by atoms with van der Waals surface area (Å²) in [6.45, 7) is 0.964. The molecule has 0 aliphatic carbocycles. The highest BCUT2D eigenvalue weighted by Crippen LogP contribution is 1.87. The van der Waals surface area contributed by atoms with Gasteiger partial charge in [-0.1, -0.05) is 0 Å². The van der Waals surface area contributed by atoms with Gasteiger partial charge in [-0.25, -0.2) is 0 Å². The van der Waals surface area contributed by atoms with Crippen molar-refractivity contribution < 1.29 is 0 Å². The second kappa shape index (κ2) is 3.43. The molecule has 1 aromatic rings. The standard InChI is InChI=1S/C6H13N5/c1-10(2)5-4-6-7-9-11(3)8-6/h4-5H2,1-3H3. The number of rotatable bonds is 3. The molecule has 62 valence electrons. The van der Waals surface area contributed by atoms with Gasteiger partial charge in [0.05, 0.1) is 7.05 Å². The Balaban J connectivity index is 2.39. The highest BCUT2D eigenvalue weighted by Gasteiger charge is 1.99. The zero-order valence-corrected chi connectivity index (χ0v) is 7.15. The van der Waals surface area contributed by atoms with Crippen molar-refractivity contribution >= 4 is 0 Å². The number of aromatic nitrogens is 4. The van der Waals surface area contributed by atoms with Gasteiger partial charge >= 0.3 is 0 Å². The molecule has 0 radical (unpaired) electrons. The van der Waals surface area contributed by atoms with E-state index in [-0.39, 0.29) is 0 Å². The maximum absolute atomic E-state index is 4.05. The molecule has 0 aliphatic rings. The van der Waals surface area contributed by atoms with Crippen molar-refractivity contribution in [2.24, 2.45) is 7.05 Å². The molecule has 0 saturated carbocycles. The summed E-state index contributed by atoms with van der Waals surface area (Å²) in [4.78, 5) is 3.57. The van der Waals surface area contributed by atoms with Gasteiger partial charge in [0.25, 0.3) is 0 Å². The van der Waals surface area contributed by atoms with E-state index in [1.807, 2.05) is 14.1 Å². The third-order valence-corrected chi connectivity index (χ3v) is 1.33. The van der Waals surface area contributed by atoms with E-state index in [4.69, 9.17) is 0 Å². The number of hydrogen-bond acceptors (Lipinski definition) is 4. The van der Waals surface area contributed by atoms with E-state index in [0.29, 0.717) is 0 Å². The first-order valence-electron chi connectivity index (χ1n) is 3.56. The van der Waals surface area contributed by atoms with Crippen LogP contribution in [0.1, 0.15) is 5.82 Å². The average molecular weight is 155 g/mol. The smallest absolute Gasteiger partial charge is 0.176 e. The van der Waals surface area contributed by atoms with Crippen LogP contribution in [0.2, 0.25) is 0 Å². The topological polar surface area (TPSA) is 46.8 Å². The summed E-state index contributed by atoms with van der Waals surface area (Å²) >= 11 is 0. The Morgan fingerprint density at radius 3 is 2.64 bits per heavy atom. The molecule has 0 N–H and O–H groups in total. The molecule has 1 heterocycles.